The van der Waals surface area contributed by atoms with Gasteiger partial charge in [0.1, 0.15) is 23.7 Å². The van der Waals surface area contributed by atoms with Gasteiger partial charge in [0.15, 0.2) is 0 Å². The molecule has 5 nitrogen and oxygen atoms in total. The highest BCUT2D eigenvalue weighted by molar-refractivity contribution is 7.89. The summed E-state index contributed by atoms with van der Waals surface area (Å²) in [6, 6.07) is 15.3. The van der Waals surface area contributed by atoms with E-state index in [1.165, 1.54) is 4.31 Å². The van der Waals surface area contributed by atoms with Crippen molar-refractivity contribution in [3.63, 3.8) is 0 Å². The van der Waals surface area contributed by atoms with Crippen molar-refractivity contribution in [2.24, 2.45) is 0 Å². The summed E-state index contributed by atoms with van der Waals surface area (Å²) in [5, 5.41) is 0. The van der Waals surface area contributed by atoms with Gasteiger partial charge in [0, 0.05) is 19.0 Å². The van der Waals surface area contributed by atoms with Gasteiger partial charge in [-0.2, -0.15) is 4.31 Å². The van der Waals surface area contributed by atoms with Crippen LogP contribution >= 0.6 is 0 Å². The molecule has 0 radical (unpaired) electrons. The van der Waals surface area contributed by atoms with Gasteiger partial charge >= 0.3 is 0 Å². The lowest BCUT2D eigenvalue weighted by molar-refractivity contribution is 0.0539. The van der Waals surface area contributed by atoms with Gasteiger partial charge in [0.2, 0.25) is 10.0 Å². The smallest absolute Gasteiger partial charge is 0.214 e. The number of fused-ring (bicyclic) bond motifs is 1. The van der Waals surface area contributed by atoms with Crippen molar-refractivity contribution in [1.29, 1.82) is 0 Å². The highest BCUT2D eigenvalue weighted by Gasteiger charge is 2.39. The predicted octanol–water partition coefficient (Wildman–Crippen LogP) is 4.15. The highest BCUT2D eigenvalue weighted by atomic mass is 32.2. The summed E-state index contributed by atoms with van der Waals surface area (Å²) in [6.45, 7) is 6.08. The van der Waals surface area contributed by atoms with E-state index >= 15 is 0 Å². The van der Waals surface area contributed by atoms with E-state index in [0.29, 0.717) is 24.5 Å². The number of rotatable bonds is 6. The second-order valence-corrected chi connectivity index (χ2v) is 9.79. The minimum Gasteiger partial charge on any atom is -0.489 e. The summed E-state index contributed by atoms with van der Waals surface area (Å²) in [6.07, 6.45) is 0.581. The number of sulfonamides is 1. The van der Waals surface area contributed by atoms with Crippen LogP contribution in [0.3, 0.4) is 0 Å². The molecule has 6 heteroatoms. The fraction of sp³-hybridized carbons (Fsp3) is 0.429. The molecular weight excluding hydrogens is 362 g/mol. The zero-order valence-corrected chi connectivity index (χ0v) is 17.1. The van der Waals surface area contributed by atoms with Gasteiger partial charge in [-0.25, -0.2) is 8.42 Å². The Hall–Kier alpha value is -2.05. The lowest BCUT2D eigenvalue weighted by Crippen LogP contribution is -2.42. The third-order valence-corrected chi connectivity index (χ3v) is 6.76. The summed E-state index contributed by atoms with van der Waals surface area (Å²) in [7, 11) is -1.68. The monoisotopic (exact) mass is 389 g/mol. The van der Waals surface area contributed by atoms with Crippen LogP contribution in [-0.2, 0) is 16.6 Å². The molecule has 1 aliphatic heterocycles. The van der Waals surface area contributed by atoms with Crippen LogP contribution in [-0.4, -0.2) is 31.1 Å². The Kier molecular flexibility index (Phi) is 5.49. The van der Waals surface area contributed by atoms with E-state index in [0.717, 1.165) is 11.1 Å². The van der Waals surface area contributed by atoms with Crippen LogP contribution in [0.15, 0.2) is 48.5 Å². The Bertz CT molecular complexity index is 894. The normalized spacial score (nSPS) is 18.6. The molecule has 0 aliphatic carbocycles. The summed E-state index contributed by atoms with van der Waals surface area (Å²) in [4.78, 5) is 0. The quantitative estimate of drug-likeness (QED) is 0.745. The molecule has 27 heavy (non-hydrogen) atoms. The van der Waals surface area contributed by atoms with E-state index in [-0.39, 0.29) is 11.8 Å². The Morgan fingerprint density at radius 2 is 1.89 bits per heavy atom. The first-order chi connectivity index (χ1) is 12.7. The molecule has 0 saturated heterocycles. The molecule has 0 amide bonds. The molecule has 0 bridgehead atoms. The zero-order chi connectivity index (χ0) is 19.7. The maximum absolute atomic E-state index is 12.5. The largest absolute Gasteiger partial charge is 0.489 e. The van der Waals surface area contributed by atoms with Crippen molar-refractivity contribution in [2.75, 3.05) is 12.8 Å². The van der Waals surface area contributed by atoms with Gasteiger partial charge < -0.3 is 9.47 Å². The van der Waals surface area contributed by atoms with Crippen LogP contribution in [0.1, 0.15) is 44.4 Å². The van der Waals surface area contributed by atoms with Crippen molar-refractivity contribution < 1.29 is 17.9 Å². The Morgan fingerprint density at radius 1 is 1.19 bits per heavy atom. The second kappa shape index (κ2) is 7.52. The van der Waals surface area contributed by atoms with Crippen LogP contribution in [0.5, 0.6) is 11.5 Å². The lowest BCUT2D eigenvalue weighted by Gasteiger charge is -2.40. The molecule has 1 unspecified atom stereocenters. The van der Waals surface area contributed by atoms with Crippen molar-refractivity contribution in [3.8, 4) is 11.5 Å². The minimum absolute atomic E-state index is 0.0703. The molecule has 2 aromatic rings. The van der Waals surface area contributed by atoms with E-state index in [4.69, 9.17) is 9.47 Å². The van der Waals surface area contributed by atoms with Crippen molar-refractivity contribution >= 4 is 10.0 Å². The number of benzene rings is 2. The molecule has 1 aliphatic rings. The summed E-state index contributed by atoms with van der Waals surface area (Å²) in [5.41, 5.74) is 1.48. The average Bonchev–Trinajstić information content (AvgIpc) is 2.65. The molecule has 1 atom stereocenters. The molecule has 0 aromatic heterocycles. The maximum atomic E-state index is 12.5. The first kappa shape index (κ1) is 19.7. The van der Waals surface area contributed by atoms with Crippen molar-refractivity contribution in [3.05, 3.63) is 59.7 Å². The number of nitrogens with zero attached hydrogens (tertiary/aromatic N) is 1. The van der Waals surface area contributed by atoms with E-state index in [9.17, 15) is 8.42 Å². The topological polar surface area (TPSA) is 55.8 Å². The standard InChI is InChI=1S/C21H27NO4S/c1-5-27(23,24)22(4)19-14-21(2,3)26-20-12-11-17(13-18(19)20)25-15-16-9-7-6-8-10-16/h6-13,19H,5,14-15H2,1-4H3. The zero-order valence-electron chi connectivity index (χ0n) is 16.3. The summed E-state index contributed by atoms with van der Waals surface area (Å²) in [5.74, 6) is 1.48. The molecular formula is C21H27NO4S. The minimum atomic E-state index is -3.32. The Balaban J connectivity index is 1.90. The highest BCUT2D eigenvalue weighted by Crippen LogP contribution is 2.44. The molecule has 0 saturated carbocycles. The van der Waals surface area contributed by atoms with Gasteiger partial charge in [-0.05, 0) is 44.5 Å². The fourth-order valence-corrected chi connectivity index (χ4v) is 4.33. The van der Waals surface area contributed by atoms with E-state index < -0.39 is 15.6 Å². The van der Waals surface area contributed by atoms with E-state index in [1.54, 1.807) is 14.0 Å². The van der Waals surface area contributed by atoms with Gasteiger partial charge in [-0.15, -0.1) is 0 Å². The number of ether oxygens (including phenoxy) is 2. The summed E-state index contributed by atoms with van der Waals surface area (Å²) < 4.78 is 38.4. The SMILES string of the molecule is CCS(=O)(=O)N(C)C1CC(C)(C)Oc2ccc(OCc3ccccc3)cc21. The number of hydrogen-bond acceptors (Lipinski definition) is 4. The van der Waals surface area contributed by atoms with Crippen LogP contribution in [0, 0.1) is 0 Å². The van der Waals surface area contributed by atoms with Gasteiger partial charge in [0.25, 0.3) is 0 Å². The Labute approximate surface area is 162 Å². The van der Waals surface area contributed by atoms with Crippen molar-refractivity contribution in [1.82, 2.24) is 4.31 Å². The van der Waals surface area contributed by atoms with E-state index in [1.807, 2.05) is 62.4 Å². The Morgan fingerprint density at radius 3 is 2.56 bits per heavy atom. The van der Waals surface area contributed by atoms with Crippen LogP contribution in [0.2, 0.25) is 0 Å². The summed E-state index contributed by atoms with van der Waals surface area (Å²) >= 11 is 0. The molecule has 0 fully saturated rings. The average molecular weight is 390 g/mol. The fourth-order valence-electron chi connectivity index (χ4n) is 3.35. The first-order valence-corrected chi connectivity index (χ1v) is 10.8. The lowest BCUT2D eigenvalue weighted by atomic mass is 9.89. The third-order valence-electron chi connectivity index (χ3n) is 4.90. The molecule has 1 heterocycles. The first-order valence-electron chi connectivity index (χ1n) is 9.17. The number of hydrogen-bond donors (Lipinski definition) is 0. The second-order valence-electron chi connectivity index (χ2n) is 7.47. The molecule has 0 spiro atoms. The van der Waals surface area contributed by atoms with Gasteiger partial charge in [-0.3, -0.25) is 0 Å². The van der Waals surface area contributed by atoms with Gasteiger partial charge in [0.05, 0.1) is 11.8 Å². The van der Waals surface area contributed by atoms with Crippen LogP contribution in [0.4, 0.5) is 0 Å². The maximum Gasteiger partial charge on any atom is 0.214 e. The molecule has 0 N–H and O–H groups in total. The van der Waals surface area contributed by atoms with Gasteiger partial charge in [-0.1, -0.05) is 30.3 Å². The predicted molar refractivity (Wildman–Crippen MR) is 107 cm³/mol. The third kappa shape index (κ3) is 4.45. The van der Waals surface area contributed by atoms with E-state index in [2.05, 4.69) is 0 Å². The van der Waals surface area contributed by atoms with Crippen molar-refractivity contribution in [2.45, 2.75) is 45.4 Å². The molecule has 2 aromatic carbocycles. The van der Waals surface area contributed by atoms with Crippen LogP contribution in [0.25, 0.3) is 0 Å². The van der Waals surface area contributed by atoms with Crippen LogP contribution < -0.4 is 9.47 Å². The molecule has 3 rings (SSSR count). The molecule has 146 valence electrons.